The van der Waals surface area contributed by atoms with Crippen molar-refractivity contribution in [2.45, 2.75) is 39.7 Å². The third-order valence-electron chi connectivity index (χ3n) is 5.09. The zero-order chi connectivity index (χ0) is 18.5. The lowest BCUT2D eigenvalue weighted by Crippen LogP contribution is -2.25. The highest BCUT2D eigenvalue weighted by atomic mass is 16.3. The zero-order valence-electron chi connectivity index (χ0n) is 16.0. The summed E-state index contributed by atoms with van der Waals surface area (Å²) in [5.41, 5.74) is 2.63. The van der Waals surface area contributed by atoms with Crippen LogP contribution in [-0.2, 0) is 0 Å². The highest BCUT2D eigenvalue weighted by Gasteiger charge is 2.13. The number of benzene rings is 2. The molecule has 0 bridgehead atoms. The Labute approximate surface area is 155 Å². The number of pyridine rings is 1. The number of nitrogens with zero attached hydrogens (tertiary/aromatic N) is 2. The third kappa shape index (κ3) is 3.91. The average molecular weight is 351 g/mol. The molecular formula is C22H29N3O. The van der Waals surface area contributed by atoms with Crippen molar-refractivity contribution in [3.8, 4) is 5.75 Å². The fourth-order valence-electron chi connectivity index (χ4n) is 3.53. The Balaban J connectivity index is 1.87. The van der Waals surface area contributed by atoms with Gasteiger partial charge in [-0.15, -0.1) is 0 Å². The smallest absolute Gasteiger partial charge is 0.141 e. The molecule has 1 atom stereocenters. The molecule has 1 aromatic heterocycles. The summed E-state index contributed by atoms with van der Waals surface area (Å²) in [5, 5.41) is 16.0. The van der Waals surface area contributed by atoms with E-state index in [-0.39, 0.29) is 5.75 Å². The molecular weight excluding hydrogens is 322 g/mol. The van der Waals surface area contributed by atoms with Crippen LogP contribution >= 0.6 is 0 Å². The van der Waals surface area contributed by atoms with Crippen LogP contribution in [-0.4, -0.2) is 40.7 Å². The minimum absolute atomic E-state index is 0.227. The van der Waals surface area contributed by atoms with Gasteiger partial charge in [0.25, 0.3) is 0 Å². The molecule has 0 saturated heterocycles. The maximum Gasteiger partial charge on any atom is 0.141 e. The Morgan fingerprint density at radius 1 is 1.04 bits per heavy atom. The number of phenols is 1. The van der Waals surface area contributed by atoms with Crippen LogP contribution in [0.25, 0.3) is 21.8 Å². The Bertz CT molecular complexity index is 874. The summed E-state index contributed by atoms with van der Waals surface area (Å²) >= 11 is 0. The number of aromatic nitrogens is 1. The molecule has 0 aliphatic rings. The fraction of sp³-hybridized carbons (Fsp3) is 0.409. The van der Waals surface area contributed by atoms with Crippen molar-refractivity contribution in [2.24, 2.45) is 0 Å². The van der Waals surface area contributed by atoms with E-state index in [0.29, 0.717) is 11.6 Å². The molecule has 0 saturated carbocycles. The molecule has 4 heteroatoms. The Morgan fingerprint density at radius 3 is 2.54 bits per heavy atom. The minimum atomic E-state index is 0.227. The van der Waals surface area contributed by atoms with E-state index in [1.54, 1.807) is 6.07 Å². The van der Waals surface area contributed by atoms with E-state index in [4.69, 9.17) is 0 Å². The molecule has 2 N–H and O–H groups in total. The molecule has 0 fully saturated rings. The van der Waals surface area contributed by atoms with E-state index in [1.165, 1.54) is 6.42 Å². The molecule has 26 heavy (non-hydrogen) atoms. The first-order valence-corrected chi connectivity index (χ1v) is 9.63. The van der Waals surface area contributed by atoms with Crippen molar-refractivity contribution in [3.05, 3.63) is 42.5 Å². The van der Waals surface area contributed by atoms with Gasteiger partial charge in [-0.2, -0.15) is 0 Å². The number of para-hydroxylation sites is 2. The second-order valence-corrected chi connectivity index (χ2v) is 6.89. The summed E-state index contributed by atoms with van der Waals surface area (Å²) in [6, 6.07) is 14.1. The first kappa shape index (κ1) is 18.5. The summed E-state index contributed by atoms with van der Waals surface area (Å²) < 4.78 is 0. The molecule has 0 spiro atoms. The molecule has 1 unspecified atom stereocenters. The standard InChI is InChI=1S/C22H29N3O/c1-4-25(5-2)15-9-10-16(3)23-21-17-11-6-7-13-19(17)24-22-18(21)12-8-14-20(22)26/h6-8,11-14,16,26H,4-5,9-10,15H2,1-3H3,(H,23,24). The molecule has 3 rings (SSSR count). The lowest BCUT2D eigenvalue weighted by Gasteiger charge is -2.21. The van der Waals surface area contributed by atoms with Crippen LogP contribution in [0.2, 0.25) is 0 Å². The van der Waals surface area contributed by atoms with Gasteiger partial charge in [-0.25, -0.2) is 4.98 Å². The number of phenolic OH excluding ortho intramolecular Hbond substituents is 1. The number of nitrogens with one attached hydrogen (secondary N) is 1. The third-order valence-corrected chi connectivity index (χ3v) is 5.09. The van der Waals surface area contributed by atoms with Crippen LogP contribution in [0.3, 0.4) is 0 Å². The molecule has 138 valence electrons. The van der Waals surface area contributed by atoms with Crippen LogP contribution in [0.4, 0.5) is 5.69 Å². The normalized spacial score (nSPS) is 12.8. The molecule has 0 aliphatic carbocycles. The summed E-state index contributed by atoms with van der Waals surface area (Å²) in [4.78, 5) is 7.12. The van der Waals surface area contributed by atoms with E-state index >= 15 is 0 Å². The van der Waals surface area contributed by atoms with Crippen LogP contribution in [0, 0.1) is 0 Å². The fourth-order valence-corrected chi connectivity index (χ4v) is 3.53. The Kier molecular flexibility index (Phi) is 5.94. The predicted molar refractivity (Wildman–Crippen MR) is 111 cm³/mol. The summed E-state index contributed by atoms with van der Waals surface area (Å²) in [5.74, 6) is 0.227. The lowest BCUT2D eigenvalue weighted by atomic mass is 10.1. The van der Waals surface area contributed by atoms with Gasteiger partial charge in [0.2, 0.25) is 0 Å². The summed E-state index contributed by atoms with van der Waals surface area (Å²) in [6.07, 6.45) is 2.27. The van der Waals surface area contributed by atoms with E-state index in [9.17, 15) is 5.11 Å². The molecule has 2 aromatic carbocycles. The van der Waals surface area contributed by atoms with Crippen LogP contribution in [0.5, 0.6) is 5.75 Å². The van der Waals surface area contributed by atoms with E-state index in [2.05, 4.69) is 42.0 Å². The molecule has 0 radical (unpaired) electrons. The zero-order valence-corrected chi connectivity index (χ0v) is 16.0. The highest BCUT2D eigenvalue weighted by Crippen LogP contribution is 2.35. The average Bonchev–Trinajstić information content (AvgIpc) is 2.66. The second kappa shape index (κ2) is 8.37. The van der Waals surface area contributed by atoms with Crippen molar-refractivity contribution in [1.29, 1.82) is 0 Å². The van der Waals surface area contributed by atoms with Crippen molar-refractivity contribution < 1.29 is 5.11 Å². The number of rotatable bonds is 8. The molecule has 4 nitrogen and oxygen atoms in total. The first-order valence-electron chi connectivity index (χ1n) is 9.63. The van der Waals surface area contributed by atoms with E-state index in [0.717, 1.165) is 48.0 Å². The molecule has 1 heterocycles. The van der Waals surface area contributed by atoms with Crippen LogP contribution < -0.4 is 5.32 Å². The van der Waals surface area contributed by atoms with Crippen molar-refractivity contribution in [3.63, 3.8) is 0 Å². The monoisotopic (exact) mass is 351 g/mol. The van der Waals surface area contributed by atoms with Crippen LogP contribution in [0.1, 0.15) is 33.6 Å². The predicted octanol–water partition coefficient (Wildman–Crippen LogP) is 5.02. The van der Waals surface area contributed by atoms with Gasteiger partial charge in [0.05, 0.1) is 11.2 Å². The Hall–Kier alpha value is -2.33. The molecule has 3 aromatic rings. The van der Waals surface area contributed by atoms with Gasteiger partial charge in [0, 0.05) is 16.8 Å². The topological polar surface area (TPSA) is 48.4 Å². The number of anilines is 1. The van der Waals surface area contributed by atoms with Crippen molar-refractivity contribution in [2.75, 3.05) is 25.0 Å². The quantitative estimate of drug-likeness (QED) is 0.560. The number of hydrogen-bond acceptors (Lipinski definition) is 4. The number of fused-ring (bicyclic) bond motifs is 2. The summed E-state index contributed by atoms with van der Waals surface area (Å²) in [6.45, 7) is 10.0. The van der Waals surface area contributed by atoms with Crippen molar-refractivity contribution in [1.82, 2.24) is 9.88 Å². The van der Waals surface area contributed by atoms with Gasteiger partial charge in [-0.3, -0.25) is 0 Å². The van der Waals surface area contributed by atoms with Gasteiger partial charge >= 0.3 is 0 Å². The van der Waals surface area contributed by atoms with Gasteiger partial charge in [-0.05, 0) is 51.5 Å². The number of hydrogen-bond donors (Lipinski definition) is 2. The van der Waals surface area contributed by atoms with Crippen LogP contribution in [0.15, 0.2) is 42.5 Å². The lowest BCUT2D eigenvalue weighted by molar-refractivity contribution is 0.295. The minimum Gasteiger partial charge on any atom is -0.506 e. The van der Waals surface area contributed by atoms with Gasteiger partial charge in [0.15, 0.2) is 0 Å². The van der Waals surface area contributed by atoms with Crippen molar-refractivity contribution >= 4 is 27.5 Å². The largest absolute Gasteiger partial charge is 0.506 e. The van der Waals surface area contributed by atoms with E-state index < -0.39 is 0 Å². The SMILES string of the molecule is CCN(CC)CCCC(C)Nc1c2ccccc2nc2c(O)cccc12. The first-order chi connectivity index (χ1) is 12.6. The second-order valence-electron chi connectivity index (χ2n) is 6.89. The van der Waals surface area contributed by atoms with E-state index in [1.807, 2.05) is 30.3 Å². The van der Waals surface area contributed by atoms with Gasteiger partial charge in [-0.1, -0.05) is 44.2 Å². The number of aromatic hydroxyl groups is 1. The maximum atomic E-state index is 10.3. The maximum absolute atomic E-state index is 10.3. The molecule has 0 amide bonds. The summed E-state index contributed by atoms with van der Waals surface area (Å²) in [7, 11) is 0. The highest BCUT2D eigenvalue weighted by molar-refractivity contribution is 6.08. The van der Waals surface area contributed by atoms with Gasteiger partial charge < -0.3 is 15.3 Å². The Morgan fingerprint density at radius 2 is 1.77 bits per heavy atom. The molecule has 0 aliphatic heterocycles. The van der Waals surface area contributed by atoms with Gasteiger partial charge in [0.1, 0.15) is 11.3 Å².